The number of carbonyl (C=O) groups excluding carboxylic acids is 5. The fourth-order valence-electron chi connectivity index (χ4n) is 3.93. The van der Waals surface area contributed by atoms with Crippen LogP contribution in [0.1, 0.15) is 67.4 Å². The highest BCUT2D eigenvalue weighted by Gasteiger charge is 2.39. The van der Waals surface area contributed by atoms with Crippen molar-refractivity contribution >= 4 is 29.9 Å². The first-order valence-corrected chi connectivity index (χ1v) is 13.8. The Morgan fingerprint density at radius 3 is 1.95 bits per heavy atom. The molecule has 0 bridgehead atoms. The largest absolute Gasteiger partial charge is 0.445 e. The minimum atomic E-state index is -0.987. The van der Waals surface area contributed by atoms with Gasteiger partial charge >= 0.3 is 12.2 Å². The van der Waals surface area contributed by atoms with Crippen LogP contribution in [-0.2, 0) is 30.5 Å². The van der Waals surface area contributed by atoms with E-state index in [0.29, 0.717) is 6.42 Å². The molecule has 0 spiro atoms. The number of hydrogen-bond acceptors (Lipinski definition) is 7. The topological polar surface area (TPSA) is 146 Å². The van der Waals surface area contributed by atoms with Crippen LogP contribution < -0.4 is 16.2 Å². The molecule has 0 unspecified atom stereocenters. The zero-order valence-corrected chi connectivity index (χ0v) is 25.9. The Morgan fingerprint density at radius 2 is 1.44 bits per heavy atom. The summed E-state index contributed by atoms with van der Waals surface area (Å²) >= 11 is 0. The van der Waals surface area contributed by atoms with E-state index in [1.54, 1.807) is 34.6 Å². The lowest BCUT2D eigenvalue weighted by molar-refractivity contribution is -0.150. The van der Waals surface area contributed by atoms with E-state index in [4.69, 9.17) is 9.47 Å². The Labute approximate surface area is 243 Å². The van der Waals surface area contributed by atoms with Crippen LogP contribution in [0.2, 0.25) is 0 Å². The number of hydrazine groups is 1. The highest BCUT2D eigenvalue weighted by molar-refractivity contribution is 5.94. The first kappa shape index (κ1) is 35.2. The number of likely N-dealkylation sites (N-methyl/N-ethyl adjacent to an activating group) is 2. The summed E-state index contributed by atoms with van der Waals surface area (Å²) in [4.78, 5) is 66.9. The van der Waals surface area contributed by atoms with E-state index in [-0.39, 0.29) is 18.4 Å². The predicted octanol–water partition coefficient (Wildman–Crippen LogP) is 3.21. The number of nitrogens with zero attached hydrogens (tertiary/aromatic N) is 2. The van der Waals surface area contributed by atoms with E-state index in [2.05, 4.69) is 16.2 Å². The van der Waals surface area contributed by atoms with Gasteiger partial charge in [0.25, 0.3) is 5.91 Å². The minimum Gasteiger partial charge on any atom is -0.445 e. The van der Waals surface area contributed by atoms with Crippen LogP contribution >= 0.6 is 0 Å². The quantitative estimate of drug-likeness (QED) is 0.342. The van der Waals surface area contributed by atoms with E-state index in [1.165, 1.54) is 30.8 Å². The van der Waals surface area contributed by atoms with Crippen LogP contribution in [-0.4, -0.2) is 77.5 Å². The number of benzene rings is 1. The van der Waals surface area contributed by atoms with Crippen molar-refractivity contribution in [2.24, 2.45) is 11.8 Å². The van der Waals surface area contributed by atoms with Crippen molar-refractivity contribution in [3.8, 4) is 0 Å². The number of ether oxygens (including phenoxy) is 2. The summed E-state index contributed by atoms with van der Waals surface area (Å²) in [5.74, 6) is -2.16. The Morgan fingerprint density at radius 1 is 0.854 bits per heavy atom. The molecule has 0 saturated carbocycles. The third-order valence-corrected chi connectivity index (χ3v) is 6.61. The van der Waals surface area contributed by atoms with Crippen molar-refractivity contribution in [3.63, 3.8) is 0 Å². The molecule has 12 heteroatoms. The van der Waals surface area contributed by atoms with Crippen molar-refractivity contribution < 1.29 is 33.4 Å². The monoisotopic (exact) mass is 577 g/mol. The molecule has 0 fully saturated rings. The lowest BCUT2D eigenvalue weighted by Gasteiger charge is -2.37. The molecular formula is C29H47N5O7. The lowest BCUT2D eigenvalue weighted by atomic mass is 9.95. The molecule has 0 radical (unpaired) electrons. The van der Waals surface area contributed by atoms with Gasteiger partial charge < -0.3 is 24.6 Å². The van der Waals surface area contributed by atoms with Gasteiger partial charge in [0.1, 0.15) is 30.3 Å². The first-order valence-electron chi connectivity index (χ1n) is 13.8. The molecule has 1 rings (SSSR count). The average Bonchev–Trinajstić information content (AvgIpc) is 2.91. The van der Waals surface area contributed by atoms with E-state index in [1.807, 2.05) is 44.2 Å². The molecule has 12 nitrogen and oxygen atoms in total. The number of amides is 5. The van der Waals surface area contributed by atoms with Crippen LogP contribution in [0.4, 0.5) is 9.59 Å². The molecule has 230 valence electrons. The van der Waals surface area contributed by atoms with E-state index in [9.17, 15) is 24.0 Å². The molecule has 0 aliphatic heterocycles. The smallest absolute Gasteiger partial charge is 0.426 e. The second kappa shape index (κ2) is 15.8. The number of nitrogens with one attached hydrogen (secondary N) is 3. The van der Waals surface area contributed by atoms with E-state index < -0.39 is 53.6 Å². The van der Waals surface area contributed by atoms with Gasteiger partial charge in [-0.15, -0.1) is 0 Å². The van der Waals surface area contributed by atoms with Crippen molar-refractivity contribution in [2.45, 2.75) is 92.1 Å². The molecule has 1 aromatic carbocycles. The predicted molar refractivity (Wildman–Crippen MR) is 154 cm³/mol. The second-order valence-corrected chi connectivity index (χ2v) is 11.4. The molecular weight excluding hydrogens is 530 g/mol. The van der Waals surface area contributed by atoms with Crippen LogP contribution in [0, 0.1) is 11.8 Å². The fraction of sp³-hybridized carbons (Fsp3) is 0.621. The van der Waals surface area contributed by atoms with Gasteiger partial charge in [-0.1, -0.05) is 64.4 Å². The molecule has 0 aliphatic rings. The molecule has 3 N–H and O–H groups in total. The highest BCUT2D eigenvalue weighted by Crippen LogP contribution is 2.18. The summed E-state index contributed by atoms with van der Waals surface area (Å²) in [6.07, 6.45) is -0.998. The van der Waals surface area contributed by atoms with E-state index in [0.717, 1.165) is 5.56 Å². The Hall–Kier alpha value is -3.83. The van der Waals surface area contributed by atoms with Gasteiger partial charge in [0.05, 0.1) is 0 Å². The number of alkyl carbamates (subject to hydrolysis) is 1. The summed E-state index contributed by atoms with van der Waals surface area (Å²) in [7, 11) is 2.94. The maximum atomic E-state index is 13.7. The zero-order valence-electron chi connectivity index (χ0n) is 25.9. The lowest BCUT2D eigenvalue weighted by Crippen LogP contribution is -2.60. The van der Waals surface area contributed by atoms with Crippen LogP contribution in [0.5, 0.6) is 0 Å². The second-order valence-electron chi connectivity index (χ2n) is 11.4. The third kappa shape index (κ3) is 11.3. The van der Waals surface area contributed by atoms with Crippen molar-refractivity contribution in [3.05, 3.63) is 35.9 Å². The van der Waals surface area contributed by atoms with Gasteiger partial charge in [-0.3, -0.25) is 19.8 Å². The summed E-state index contributed by atoms with van der Waals surface area (Å²) in [6.45, 7) is 13.9. The van der Waals surface area contributed by atoms with Gasteiger partial charge in [0.15, 0.2) is 0 Å². The normalized spacial score (nSPS) is 14.1. The fourth-order valence-corrected chi connectivity index (χ4v) is 3.93. The van der Waals surface area contributed by atoms with Crippen LogP contribution in [0.25, 0.3) is 0 Å². The standard InChI is InChI=1S/C29H47N5O7/c1-11-19(4)22(30-27(38)40-17-21-15-13-12-14-16-21)25(36)34(10)23(18(2)3)26(37)33(9)20(5)24(35)31-32-28(39)41-29(6,7)8/h12-16,18-20,22-23H,11,17H2,1-10H3,(H,30,38)(H,31,35)(H,32,39)/t19-,20-,22-,23-/m0/s1. The zero-order chi connectivity index (χ0) is 31.5. The highest BCUT2D eigenvalue weighted by atomic mass is 16.6. The first-order chi connectivity index (χ1) is 19.0. The average molecular weight is 578 g/mol. The summed E-state index contributed by atoms with van der Waals surface area (Å²) in [6, 6.07) is 6.30. The molecule has 0 aromatic heterocycles. The molecule has 0 heterocycles. The van der Waals surface area contributed by atoms with Gasteiger partial charge in [0.2, 0.25) is 11.8 Å². The Kier molecular flexibility index (Phi) is 13.6. The van der Waals surface area contributed by atoms with E-state index >= 15 is 0 Å². The molecule has 5 amide bonds. The Bertz CT molecular complexity index is 1040. The van der Waals surface area contributed by atoms with Crippen molar-refractivity contribution in [1.29, 1.82) is 0 Å². The van der Waals surface area contributed by atoms with Crippen LogP contribution in [0.15, 0.2) is 30.3 Å². The maximum Gasteiger partial charge on any atom is 0.426 e. The number of carbonyl (C=O) groups is 5. The van der Waals surface area contributed by atoms with Gasteiger partial charge in [0, 0.05) is 14.1 Å². The molecule has 4 atom stereocenters. The summed E-state index contributed by atoms with van der Waals surface area (Å²) < 4.78 is 10.4. The SMILES string of the molecule is CC[C@H](C)[C@H](NC(=O)OCc1ccccc1)C(=O)N(C)[C@H](C(=O)N(C)[C@@H](C)C(=O)NNC(=O)OC(C)(C)C)C(C)C. The van der Waals surface area contributed by atoms with Gasteiger partial charge in [-0.05, 0) is 45.1 Å². The van der Waals surface area contributed by atoms with Crippen LogP contribution in [0.3, 0.4) is 0 Å². The number of rotatable bonds is 11. The summed E-state index contributed by atoms with van der Waals surface area (Å²) in [5.41, 5.74) is 4.46. The molecule has 0 saturated heterocycles. The summed E-state index contributed by atoms with van der Waals surface area (Å²) in [5, 5.41) is 2.67. The minimum absolute atomic E-state index is 0.0462. The number of hydrogen-bond donors (Lipinski definition) is 3. The van der Waals surface area contributed by atoms with Crippen molar-refractivity contribution in [2.75, 3.05) is 14.1 Å². The van der Waals surface area contributed by atoms with Gasteiger partial charge in [-0.2, -0.15) is 0 Å². The van der Waals surface area contributed by atoms with Crippen molar-refractivity contribution in [1.82, 2.24) is 26.0 Å². The molecule has 41 heavy (non-hydrogen) atoms. The third-order valence-electron chi connectivity index (χ3n) is 6.61. The molecule has 1 aromatic rings. The maximum absolute atomic E-state index is 13.7. The Balaban J connectivity index is 2.96. The van der Waals surface area contributed by atoms with Gasteiger partial charge in [-0.25, -0.2) is 15.0 Å². The molecule has 0 aliphatic carbocycles.